The number of anilines is 1. The van der Waals surface area contributed by atoms with Crippen molar-refractivity contribution in [3.63, 3.8) is 0 Å². The lowest BCUT2D eigenvalue weighted by Crippen LogP contribution is -2.09. The van der Waals surface area contributed by atoms with E-state index < -0.39 is 0 Å². The number of hydrogen-bond donors (Lipinski definition) is 1. The molecule has 2 aromatic rings. The number of benzene rings is 1. The van der Waals surface area contributed by atoms with Crippen molar-refractivity contribution in [2.75, 3.05) is 11.9 Å². The van der Waals surface area contributed by atoms with Gasteiger partial charge < -0.3 is 5.32 Å². The van der Waals surface area contributed by atoms with Gasteiger partial charge in [0.1, 0.15) is 0 Å². The zero-order chi connectivity index (χ0) is 14.4. The summed E-state index contributed by atoms with van der Waals surface area (Å²) in [7, 11) is 0. The minimum Gasteiger partial charge on any atom is -0.361 e. The summed E-state index contributed by atoms with van der Waals surface area (Å²) in [5.74, 6) is 0.500. The third-order valence-electron chi connectivity index (χ3n) is 3.58. The van der Waals surface area contributed by atoms with Crippen LogP contribution in [0.5, 0.6) is 0 Å². The summed E-state index contributed by atoms with van der Waals surface area (Å²) in [5.41, 5.74) is 2.57. The number of unbranched alkanes of at least 4 members (excludes halogenated alkanes) is 1. The molecule has 108 valence electrons. The Bertz CT molecular complexity index is 519. The molecule has 0 aliphatic carbocycles. The van der Waals surface area contributed by atoms with Crippen LogP contribution in [0.1, 0.15) is 48.7 Å². The van der Waals surface area contributed by atoms with Gasteiger partial charge in [-0.3, -0.25) is 0 Å². The van der Waals surface area contributed by atoms with Gasteiger partial charge in [-0.2, -0.15) is 0 Å². The van der Waals surface area contributed by atoms with E-state index in [-0.39, 0.29) is 0 Å². The molecule has 0 radical (unpaired) electrons. The summed E-state index contributed by atoms with van der Waals surface area (Å²) in [6, 6.07) is 10.6. The smallest absolute Gasteiger partial charge is 0.183 e. The highest BCUT2D eigenvalue weighted by molar-refractivity contribution is 7.15. The van der Waals surface area contributed by atoms with Crippen molar-refractivity contribution in [3.05, 3.63) is 46.5 Å². The third-order valence-corrected chi connectivity index (χ3v) is 4.75. The Morgan fingerprint density at radius 2 is 2.00 bits per heavy atom. The zero-order valence-electron chi connectivity index (χ0n) is 12.6. The number of nitrogens with one attached hydrogen (secondary N) is 1. The summed E-state index contributed by atoms with van der Waals surface area (Å²) in [6.45, 7) is 7.54. The molecule has 1 heterocycles. The Labute approximate surface area is 126 Å². The molecule has 2 nitrogen and oxygen atoms in total. The fraction of sp³-hybridized carbons (Fsp3) is 0.471. The van der Waals surface area contributed by atoms with Crippen LogP contribution in [-0.2, 0) is 6.42 Å². The molecule has 1 unspecified atom stereocenters. The molecular formula is C17H24N2S. The van der Waals surface area contributed by atoms with Crippen LogP contribution < -0.4 is 5.32 Å². The predicted molar refractivity (Wildman–Crippen MR) is 88.8 cm³/mol. The molecular weight excluding hydrogens is 264 g/mol. The van der Waals surface area contributed by atoms with E-state index in [1.165, 1.54) is 29.0 Å². The molecule has 20 heavy (non-hydrogen) atoms. The highest BCUT2D eigenvalue weighted by atomic mass is 32.1. The van der Waals surface area contributed by atoms with E-state index >= 15 is 0 Å². The molecule has 0 fully saturated rings. The minimum absolute atomic E-state index is 0.500. The number of rotatable bonds is 7. The second-order valence-electron chi connectivity index (χ2n) is 5.32. The Hall–Kier alpha value is -1.35. The van der Waals surface area contributed by atoms with Gasteiger partial charge in [-0.25, -0.2) is 4.98 Å². The van der Waals surface area contributed by atoms with Crippen LogP contribution in [0.3, 0.4) is 0 Å². The summed E-state index contributed by atoms with van der Waals surface area (Å²) >= 11 is 1.81. The van der Waals surface area contributed by atoms with Crippen LogP contribution in [0.15, 0.2) is 30.3 Å². The van der Waals surface area contributed by atoms with Crippen molar-refractivity contribution in [2.24, 2.45) is 0 Å². The van der Waals surface area contributed by atoms with Crippen molar-refractivity contribution in [2.45, 2.75) is 46.0 Å². The fourth-order valence-electron chi connectivity index (χ4n) is 2.21. The molecule has 1 aromatic carbocycles. The van der Waals surface area contributed by atoms with Crippen LogP contribution >= 0.6 is 11.3 Å². The van der Waals surface area contributed by atoms with Gasteiger partial charge in [0.15, 0.2) is 5.13 Å². The first kappa shape index (κ1) is 15.0. The van der Waals surface area contributed by atoms with E-state index in [1.807, 2.05) is 11.3 Å². The quantitative estimate of drug-likeness (QED) is 0.774. The molecule has 1 aromatic heterocycles. The Balaban J connectivity index is 1.91. The lowest BCUT2D eigenvalue weighted by molar-refractivity contribution is 0.797. The summed E-state index contributed by atoms with van der Waals surface area (Å²) in [6.07, 6.45) is 3.66. The molecule has 0 saturated carbocycles. The van der Waals surface area contributed by atoms with Crippen LogP contribution in [0.4, 0.5) is 5.13 Å². The second-order valence-corrected chi connectivity index (χ2v) is 6.41. The van der Waals surface area contributed by atoms with Gasteiger partial charge in [-0.15, -0.1) is 11.3 Å². The predicted octanol–water partition coefficient (Wildman–Crippen LogP) is 5.01. The molecule has 1 atom stereocenters. The Morgan fingerprint density at radius 1 is 1.25 bits per heavy atom. The number of nitrogens with zero attached hydrogens (tertiary/aromatic N) is 1. The lowest BCUT2D eigenvalue weighted by Gasteiger charge is -2.12. The van der Waals surface area contributed by atoms with Gasteiger partial charge in [0.25, 0.3) is 0 Å². The van der Waals surface area contributed by atoms with Crippen molar-refractivity contribution < 1.29 is 0 Å². The van der Waals surface area contributed by atoms with Gasteiger partial charge in [0.05, 0.1) is 5.69 Å². The summed E-state index contributed by atoms with van der Waals surface area (Å²) < 4.78 is 0. The SMILES string of the molecule is CCCCc1sc(NCC(C)c2ccccc2)nc1C. The molecule has 2 rings (SSSR count). The van der Waals surface area contributed by atoms with Crippen molar-refractivity contribution in [3.8, 4) is 0 Å². The van der Waals surface area contributed by atoms with Crippen LogP contribution in [0.25, 0.3) is 0 Å². The molecule has 3 heteroatoms. The van der Waals surface area contributed by atoms with Gasteiger partial charge in [-0.05, 0) is 31.2 Å². The largest absolute Gasteiger partial charge is 0.361 e. The number of hydrogen-bond acceptors (Lipinski definition) is 3. The number of thiazole rings is 1. The van der Waals surface area contributed by atoms with Crippen molar-refractivity contribution in [1.82, 2.24) is 4.98 Å². The van der Waals surface area contributed by atoms with Gasteiger partial charge in [0.2, 0.25) is 0 Å². The lowest BCUT2D eigenvalue weighted by atomic mass is 10.0. The first-order valence-electron chi connectivity index (χ1n) is 7.45. The van der Waals surface area contributed by atoms with E-state index in [9.17, 15) is 0 Å². The average Bonchev–Trinajstić information content (AvgIpc) is 2.84. The normalized spacial score (nSPS) is 12.3. The van der Waals surface area contributed by atoms with Crippen LogP contribution in [0.2, 0.25) is 0 Å². The number of aryl methyl sites for hydroxylation is 2. The maximum Gasteiger partial charge on any atom is 0.183 e. The maximum atomic E-state index is 4.64. The summed E-state index contributed by atoms with van der Waals surface area (Å²) in [5, 5.41) is 4.55. The fourth-order valence-corrected chi connectivity index (χ4v) is 3.22. The maximum absolute atomic E-state index is 4.64. The zero-order valence-corrected chi connectivity index (χ0v) is 13.5. The average molecular weight is 288 g/mol. The molecule has 0 bridgehead atoms. The van der Waals surface area contributed by atoms with Crippen LogP contribution in [-0.4, -0.2) is 11.5 Å². The molecule has 1 N–H and O–H groups in total. The van der Waals surface area contributed by atoms with Crippen molar-refractivity contribution in [1.29, 1.82) is 0 Å². The standard InChI is InChI=1S/C17H24N2S/c1-4-5-11-16-14(3)19-17(20-16)18-12-13(2)15-9-7-6-8-10-15/h6-10,13H,4-5,11-12H2,1-3H3,(H,18,19). The Morgan fingerprint density at radius 3 is 2.70 bits per heavy atom. The number of aromatic nitrogens is 1. The molecule has 0 spiro atoms. The van der Waals surface area contributed by atoms with E-state index in [1.54, 1.807) is 0 Å². The van der Waals surface area contributed by atoms with E-state index in [2.05, 4.69) is 61.4 Å². The van der Waals surface area contributed by atoms with Crippen molar-refractivity contribution >= 4 is 16.5 Å². The van der Waals surface area contributed by atoms with E-state index in [0.717, 1.165) is 18.1 Å². The van der Waals surface area contributed by atoms with Gasteiger partial charge in [0, 0.05) is 11.4 Å². The first-order valence-corrected chi connectivity index (χ1v) is 8.27. The first-order chi connectivity index (χ1) is 9.70. The molecule has 0 amide bonds. The van der Waals surface area contributed by atoms with Gasteiger partial charge >= 0.3 is 0 Å². The van der Waals surface area contributed by atoms with E-state index in [0.29, 0.717) is 5.92 Å². The molecule has 0 aliphatic rings. The highest BCUT2D eigenvalue weighted by Gasteiger charge is 2.09. The second kappa shape index (κ2) is 7.44. The molecule has 0 aliphatic heterocycles. The molecule has 0 saturated heterocycles. The highest BCUT2D eigenvalue weighted by Crippen LogP contribution is 2.25. The topological polar surface area (TPSA) is 24.9 Å². The van der Waals surface area contributed by atoms with Gasteiger partial charge in [-0.1, -0.05) is 50.6 Å². The third kappa shape index (κ3) is 4.07. The summed E-state index contributed by atoms with van der Waals surface area (Å²) in [4.78, 5) is 6.07. The van der Waals surface area contributed by atoms with E-state index in [4.69, 9.17) is 0 Å². The minimum atomic E-state index is 0.500. The van der Waals surface area contributed by atoms with Crippen LogP contribution in [0, 0.1) is 6.92 Å². The monoisotopic (exact) mass is 288 g/mol. The Kier molecular flexibility index (Phi) is 5.60.